The van der Waals surface area contributed by atoms with Crippen molar-refractivity contribution in [3.63, 3.8) is 0 Å². The molecule has 1 amide bonds. The highest BCUT2D eigenvalue weighted by Crippen LogP contribution is 2.25. The molecule has 0 spiro atoms. The minimum Gasteiger partial charge on any atom is -0.348 e. The van der Waals surface area contributed by atoms with Gasteiger partial charge in [0.2, 0.25) is 0 Å². The topological polar surface area (TPSA) is 72.2 Å². The van der Waals surface area contributed by atoms with Gasteiger partial charge in [0, 0.05) is 33.6 Å². The van der Waals surface area contributed by atoms with Crippen LogP contribution in [0.15, 0.2) is 18.2 Å². The Morgan fingerprint density at radius 3 is 2.71 bits per heavy atom. The maximum atomic E-state index is 12.3. The van der Waals surface area contributed by atoms with Gasteiger partial charge in [-0.2, -0.15) is 0 Å². The second kappa shape index (κ2) is 7.22. The third-order valence-corrected chi connectivity index (χ3v) is 4.92. The summed E-state index contributed by atoms with van der Waals surface area (Å²) in [5.41, 5.74) is 0.0436. The first-order valence-corrected chi connectivity index (χ1v) is 8.16. The van der Waals surface area contributed by atoms with Crippen LogP contribution in [0.1, 0.15) is 42.5 Å². The average Bonchev–Trinajstić information content (AvgIpc) is 2.63. The lowest BCUT2D eigenvalue weighted by Gasteiger charge is -2.21. The van der Waals surface area contributed by atoms with Crippen LogP contribution in [-0.4, -0.2) is 21.7 Å². The Hall–Kier alpha value is -1.14. The van der Waals surface area contributed by atoms with Crippen molar-refractivity contribution in [2.24, 2.45) is 0 Å². The average molecular weight is 376 g/mol. The Balaban J connectivity index is 2.14. The molecule has 1 N–H and O–H groups in total. The number of nitrogens with zero attached hydrogens (tertiary/aromatic N) is 1. The van der Waals surface area contributed by atoms with Gasteiger partial charge in [-0.05, 0) is 18.9 Å². The second-order valence-corrected chi connectivity index (χ2v) is 6.80. The van der Waals surface area contributed by atoms with Crippen LogP contribution < -0.4 is 5.32 Å². The molecule has 0 heterocycles. The van der Waals surface area contributed by atoms with Crippen LogP contribution in [0, 0.1) is 10.1 Å². The molecule has 7 heteroatoms. The van der Waals surface area contributed by atoms with E-state index in [1.807, 2.05) is 0 Å². The Morgan fingerprint density at radius 1 is 1.29 bits per heavy atom. The fourth-order valence-electron chi connectivity index (χ4n) is 2.49. The molecule has 2 rings (SSSR count). The monoisotopic (exact) mass is 374 g/mol. The molecule has 1 aromatic carbocycles. The third-order valence-electron chi connectivity index (χ3n) is 3.60. The summed E-state index contributed by atoms with van der Waals surface area (Å²) in [6, 6.07) is 3.97. The number of alkyl halides is 1. The molecular formula is C14H16BrClN2O3. The predicted octanol–water partition coefficient (Wildman–Crippen LogP) is 4.07. The predicted molar refractivity (Wildman–Crippen MR) is 85.2 cm³/mol. The number of carbonyl (C=O) groups is 1. The molecule has 114 valence electrons. The molecule has 0 aliphatic heterocycles. The van der Waals surface area contributed by atoms with Crippen LogP contribution in [0.25, 0.3) is 0 Å². The van der Waals surface area contributed by atoms with E-state index < -0.39 is 4.92 Å². The highest BCUT2D eigenvalue weighted by atomic mass is 79.9. The first-order chi connectivity index (χ1) is 9.97. The Kier molecular flexibility index (Phi) is 5.58. The van der Waals surface area contributed by atoms with Gasteiger partial charge in [-0.3, -0.25) is 14.9 Å². The quantitative estimate of drug-likeness (QED) is 0.374. The number of non-ortho nitro benzene ring substituents is 1. The number of hydrogen-bond donors (Lipinski definition) is 1. The maximum absolute atomic E-state index is 12.3. The Bertz CT molecular complexity index is 553. The van der Waals surface area contributed by atoms with Crippen LogP contribution in [0.5, 0.6) is 0 Å². The zero-order chi connectivity index (χ0) is 15.4. The highest BCUT2D eigenvalue weighted by molar-refractivity contribution is 9.09. The summed E-state index contributed by atoms with van der Waals surface area (Å²) >= 11 is 9.45. The van der Waals surface area contributed by atoms with Crippen LogP contribution in [0.3, 0.4) is 0 Å². The lowest BCUT2D eigenvalue weighted by Crippen LogP contribution is -2.40. The van der Waals surface area contributed by atoms with Gasteiger partial charge in [-0.25, -0.2) is 0 Å². The van der Waals surface area contributed by atoms with E-state index in [4.69, 9.17) is 11.6 Å². The summed E-state index contributed by atoms with van der Waals surface area (Å²) in [6.07, 6.45) is 5.30. The second-order valence-electron chi connectivity index (χ2n) is 5.19. The zero-order valence-corrected chi connectivity index (χ0v) is 13.7. The van der Waals surface area contributed by atoms with Crippen LogP contribution >= 0.6 is 27.5 Å². The van der Waals surface area contributed by atoms with E-state index in [0.717, 1.165) is 32.1 Å². The van der Waals surface area contributed by atoms with Gasteiger partial charge in [0.05, 0.1) is 4.92 Å². The molecule has 0 radical (unpaired) electrons. The van der Waals surface area contributed by atoms with Crippen LogP contribution in [0.4, 0.5) is 5.69 Å². The number of hydrogen-bond acceptors (Lipinski definition) is 3. The van der Waals surface area contributed by atoms with Gasteiger partial charge in [0.25, 0.3) is 11.6 Å². The van der Waals surface area contributed by atoms with Gasteiger partial charge in [0.1, 0.15) is 0 Å². The number of rotatable bonds is 3. The molecule has 1 fully saturated rings. The largest absolute Gasteiger partial charge is 0.348 e. The van der Waals surface area contributed by atoms with Crippen LogP contribution in [0.2, 0.25) is 5.02 Å². The minimum atomic E-state index is -0.554. The summed E-state index contributed by atoms with van der Waals surface area (Å²) < 4.78 is 0. The SMILES string of the molecule is O=C(NC1CCCCCC1Br)c1cc(Cl)cc([N+](=O)[O-])c1. The Morgan fingerprint density at radius 2 is 2.00 bits per heavy atom. The molecule has 2 unspecified atom stereocenters. The van der Waals surface area contributed by atoms with Crippen molar-refractivity contribution in [3.05, 3.63) is 38.9 Å². The van der Waals surface area contributed by atoms with Gasteiger partial charge < -0.3 is 5.32 Å². The van der Waals surface area contributed by atoms with Gasteiger partial charge >= 0.3 is 0 Å². The van der Waals surface area contributed by atoms with E-state index in [1.54, 1.807) is 0 Å². The van der Waals surface area contributed by atoms with E-state index in [0.29, 0.717) is 0 Å². The van der Waals surface area contributed by atoms with Crippen molar-refractivity contribution in [3.8, 4) is 0 Å². The number of benzene rings is 1. The lowest BCUT2D eigenvalue weighted by molar-refractivity contribution is -0.384. The highest BCUT2D eigenvalue weighted by Gasteiger charge is 2.24. The first-order valence-electron chi connectivity index (χ1n) is 6.87. The van der Waals surface area contributed by atoms with E-state index in [9.17, 15) is 14.9 Å². The van der Waals surface area contributed by atoms with E-state index in [-0.39, 0.29) is 33.0 Å². The smallest absolute Gasteiger partial charge is 0.271 e. The Labute approximate surface area is 136 Å². The number of nitro groups is 1. The number of halogens is 2. The number of nitro benzene ring substituents is 1. The van der Waals surface area contributed by atoms with Crippen molar-refractivity contribution in [2.45, 2.75) is 43.0 Å². The number of nitrogens with one attached hydrogen (secondary N) is 1. The summed E-state index contributed by atoms with van der Waals surface area (Å²) in [5.74, 6) is -0.322. The minimum absolute atomic E-state index is 0.0398. The maximum Gasteiger partial charge on any atom is 0.271 e. The van der Waals surface area contributed by atoms with E-state index in [1.165, 1.54) is 18.2 Å². The molecule has 2 atom stereocenters. The molecular weight excluding hydrogens is 360 g/mol. The molecule has 1 aromatic rings. The molecule has 0 saturated heterocycles. The lowest BCUT2D eigenvalue weighted by atomic mass is 10.1. The summed E-state index contributed by atoms with van der Waals surface area (Å²) in [7, 11) is 0. The summed E-state index contributed by atoms with van der Waals surface area (Å²) in [5, 5.41) is 14.0. The van der Waals surface area contributed by atoms with Crippen molar-refractivity contribution in [1.82, 2.24) is 5.32 Å². The third kappa shape index (κ3) is 4.41. The molecule has 0 bridgehead atoms. The first kappa shape index (κ1) is 16.2. The van der Waals surface area contributed by atoms with Crippen molar-refractivity contribution in [1.29, 1.82) is 0 Å². The summed E-state index contributed by atoms with van der Waals surface area (Å²) in [6.45, 7) is 0. The van der Waals surface area contributed by atoms with Gasteiger partial charge in [0.15, 0.2) is 0 Å². The zero-order valence-electron chi connectivity index (χ0n) is 11.4. The molecule has 5 nitrogen and oxygen atoms in total. The molecule has 1 saturated carbocycles. The van der Waals surface area contributed by atoms with Gasteiger partial charge in [-0.15, -0.1) is 0 Å². The van der Waals surface area contributed by atoms with Crippen molar-refractivity contribution < 1.29 is 9.72 Å². The van der Waals surface area contributed by atoms with E-state index >= 15 is 0 Å². The fraction of sp³-hybridized carbons (Fsp3) is 0.500. The molecule has 1 aliphatic rings. The number of amides is 1. The molecule has 0 aromatic heterocycles. The van der Waals surface area contributed by atoms with Gasteiger partial charge in [-0.1, -0.05) is 46.8 Å². The number of carbonyl (C=O) groups excluding carboxylic acids is 1. The van der Waals surface area contributed by atoms with E-state index in [2.05, 4.69) is 21.2 Å². The van der Waals surface area contributed by atoms with Crippen molar-refractivity contribution in [2.75, 3.05) is 0 Å². The summed E-state index contributed by atoms with van der Waals surface area (Å²) in [4.78, 5) is 22.8. The standard InChI is InChI=1S/C14H16BrClN2O3/c15-12-4-2-1-3-5-13(12)17-14(19)9-6-10(16)8-11(7-9)18(20)21/h6-8,12-13H,1-5H2,(H,17,19). The molecule has 21 heavy (non-hydrogen) atoms. The fourth-order valence-corrected chi connectivity index (χ4v) is 3.44. The van der Waals surface area contributed by atoms with Crippen molar-refractivity contribution >= 4 is 39.1 Å². The normalized spacial score (nSPS) is 22.4. The molecule has 1 aliphatic carbocycles. The van der Waals surface area contributed by atoms with Crippen LogP contribution in [-0.2, 0) is 0 Å².